The standard InChI is InChI=1S/C22H21ClN4O2S/c23-17-8-6-16(7-9-17)20(21(28)24-13-12-15-4-2-1-3-5-15)27(18-10-11-18)22(29)19-14-30-26-25-19/h1-9,14,18,20H,10-13H2,(H,24,28). The molecule has 1 unspecified atom stereocenters. The minimum Gasteiger partial charge on any atom is -0.354 e. The first-order valence-corrected chi connectivity index (χ1v) is 11.0. The highest BCUT2D eigenvalue weighted by atomic mass is 35.5. The number of rotatable bonds is 8. The van der Waals surface area contributed by atoms with Crippen LogP contribution in [0.5, 0.6) is 0 Å². The Hall–Kier alpha value is -2.77. The summed E-state index contributed by atoms with van der Waals surface area (Å²) in [6.45, 7) is 0.484. The molecule has 1 saturated carbocycles. The average molecular weight is 441 g/mol. The van der Waals surface area contributed by atoms with E-state index in [9.17, 15) is 9.59 Å². The van der Waals surface area contributed by atoms with E-state index in [0.29, 0.717) is 18.0 Å². The molecule has 0 spiro atoms. The number of nitrogens with one attached hydrogen (secondary N) is 1. The van der Waals surface area contributed by atoms with E-state index in [1.807, 2.05) is 30.3 Å². The summed E-state index contributed by atoms with van der Waals surface area (Å²) in [5, 5.41) is 9.13. The molecule has 1 heterocycles. The van der Waals surface area contributed by atoms with Gasteiger partial charge in [-0.05, 0) is 54.1 Å². The fourth-order valence-electron chi connectivity index (χ4n) is 3.39. The van der Waals surface area contributed by atoms with Gasteiger partial charge in [0, 0.05) is 23.0 Å². The minimum atomic E-state index is -0.750. The van der Waals surface area contributed by atoms with E-state index in [0.717, 1.165) is 35.5 Å². The van der Waals surface area contributed by atoms with E-state index in [1.165, 1.54) is 0 Å². The van der Waals surface area contributed by atoms with Crippen LogP contribution in [0.3, 0.4) is 0 Å². The predicted molar refractivity (Wildman–Crippen MR) is 116 cm³/mol. The quantitative estimate of drug-likeness (QED) is 0.576. The number of amides is 2. The van der Waals surface area contributed by atoms with Crippen molar-refractivity contribution in [3.8, 4) is 0 Å². The van der Waals surface area contributed by atoms with Crippen molar-refractivity contribution >= 4 is 34.9 Å². The highest BCUT2D eigenvalue weighted by Gasteiger charge is 2.42. The van der Waals surface area contributed by atoms with E-state index >= 15 is 0 Å². The van der Waals surface area contributed by atoms with Crippen LogP contribution in [0.2, 0.25) is 5.02 Å². The third-order valence-corrected chi connectivity index (χ3v) is 5.78. The van der Waals surface area contributed by atoms with Crippen LogP contribution in [0.4, 0.5) is 0 Å². The molecule has 0 aliphatic heterocycles. The van der Waals surface area contributed by atoms with Gasteiger partial charge in [-0.15, -0.1) is 5.10 Å². The number of benzene rings is 2. The lowest BCUT2D eigenvalue weighted by atomic mass is 10.0. The summed E-state index contributed by atoms with van der Waals surface area (Å²) in [4.78, 5) is 28.1. The van der Waals surface area contributed by atoms with Crippen molar-refractivity contribution in [1.29, 1.82) is 0 Å². The van der Waals surface area contributed by atoms with Gasteiger partial charge in [-0.25, -0.2) is 0 Å². The lowest BCUT2D eigenvalue weighted by Gasteiger charge is -2.31. The molecule has 2 aromatic carbocycles. The molecule has 2 amide bonds. The van der Waals surface area contributed by atoms with Gasteiger partial charge < -0.3 is 10.2 Å². The molecule has 1 N–H and O–H groups in total. The first-order valence-electron chi connectivity index (χ1n) is 9.80. The van der Waals surface area contributed by atoms with Crippen LogP contribution in [-0.4, -0.2) is 38.9 Å². The number of aromatic nitrogens is 2. The number of halogens is 1. The Morgan fingerprint density at radius 1 is 1.13 bits per heavy atom. The van der Waals surface area contributed by atoms with E-state index in [2.05, 4.69) is 14.9 Å². The molecule has 4 rings (SSSR count). The Bertz CT molecular complexity index is 992. The zero-order chi connectivity index (χ0) is 20.9. The smallest absolute Gasteiger partial charge is 0.276 e. The highest BCUT2D eigenvalue weighted by molar-refractivity contribution is 7.03. The van der Waals surface area contributed by atoms with Crippen molar-refractivity contribution in [3.63, 3.8) is 0 Å². The number of nitrogens with zero attached hydrogens (tertiary/aromatic N) is 3. The third kappa shape index (κ3) is 4.86. The summed E-state index contributed by atoms with van der Waals surface area (Å²) in [7, 11) is 0. The summed E-state index contributed by atoms with van der Waals surface area (Å²) in [5.41, 5.74) is 2.13. The molecular formula is C22H21ClN4O2S. The first-order chi connectivity index (χ1) is 14.6. The van der Waals surface area contributed by atoms with Crippen molar-refractivity contribution in [3.05, 3.63) is 81.8 Å². The van der Waals surface area contributed by atoms with Gasteiger partial charge in [0.15, 0.2) is 5.69 Å². The van der Waals surface area contributed by atoms with Crippen molar-refractivity contribution in [1.82, 2.24) is 19.8 Å². The monoisotopic (exact) mass is 440 g/mol. The zero-order valence-corrected chi connectivity index (χ0v) is 17.8. The Morgan fingerprint density at radius 3 is 2.50 bits per heavy atom. The Balaban J connectivity index is 1.57. The molecular weight excluding hydrogens is 420 g/mol. The lowest BCUT2D eigenvalue weighted by Crippen LogP contribution is -2.45. The van der Waals surface area contributed by atoms with E-state index in [1.54, 1.807) is 34.5 Å². The molecule has 1 atom stereocenters. The molecule has 0 saturated heterocycles. The van der Waals surface area contributed by atoms with Gasteiger partial charge >= 0.3 is 0 Å². The second kappa shape index (κ2) is 9.36. The maximum Gasteiger partial charge on any atom is 0.276 e. The van der Waals surface area contributed by atoms with Crippen LogP contribution in [0.25, 0.3) is 0 Å². The molecule has 154 valence electrons. The van der Waals surface area contributed by atoms with Crippen molar-refractivity contribution in [2.45, 2.75) is 31.3 Å². The predicted octanol–water partition coefficient (Wildman–Crippen LogP) is 3.90. The average Bonchev–Trinajstić information content (AvgIpc) is 3.44. The Morgan fingerprint density at radius 2 is 1.87 bits per heavy atom. The largest absolute Gasteiger partial charge is 0.354 e. The van der Waals surface area contributed by atoms with Crippen LogP contribution in [0.15, 0.2) is 60.0 Å². The molecule has 1 aliphatic rings. The van der Waals surface area contributed by atoms with Crippen LogP contribution < -0.4 is 5.32 Å². The molecule has 0 radical (unpaired) electrons. The Labute approximate surface area is 184 Å². The van der Waals surface area contributed by atoms with Gasteiger partial charge in [0.1, 0.15) is 6.04 Å². The van der Waals surface area contributed by atoms with Crippen molar-refractivity contribution < 1.29 is 9.59 Å². The topological polar surface area (TPSA) is 75.2 Å². The van der Waals surface area contributed by atoms with Crippen LogP contribution >= 0.6 is 23.1 Å². The van der Waals surface area contributed by atoms with Crippen LogP contribution in [0, 0.1) is 0 Å². The fourth-order valence-corrected chi connectivity index (χ4v) is 3.95. The molecule has 3 aromatic rings. The van der Waals surface area contributed by atoms with Gasteiger partial charge in [0.05, 0.1) is 0 Å². The summed E-state index contributed by atoms with van der Waals surface area (Å²) in [6, 6.07) is 16.3. The van der Waals surface area contributed by atoms with Gasteiger partial charge in [-0.2, -0.15) is 0 Å². The van der Waals surface area contributed by atoms with Crippen LogP contribution in [-0.2, 0) is 11.2 Å². The Kier molecular flexibility index (Phi) is 6.40. The van der Waals surface area contributed by atoms with E-state index in [-0.39, 0.29) is 23.6 Å². The van der Waals surface area contributed by atoms with Gasteiger partial charge in [-0.3, -0.25) is 9.59 Å². The molecule has 6 nitrogen and oxygen atoms in total. The molecule has 0 bridgehead atoms. The SMILES string of the molecule is O=C(NCCc1ccccc1)C(c1ccc(Cl)cc1)N(C(=O)c1csnn1)C1CC1. The number of hydrogen-bond acceptors (Lipinski definition) is 5. The lowest BCUT2D eigenvalue weighted by molar-refractivity contribution is -0.126. The number of carbonyl (C=O) groups excluding carboxylic acids is 2. The molecule has 30 heavy (non-hydrogen) atoms. The third-order valence-electron chi connectivity index (χ3n) is 5.02. The summed E-state index contributed by atoms with van der Waals surface area (Å²) >= 11 is 7.17. The van der Waals surface area contributed by atoms with E-state index in [4.69, 9.17) is 11.6 Å². The van der Waals surface area contributed by atoms with Gasteiger partial charge in [0.2, 0.25) is 5.91 Å². The van der Waals surface area contributed by atoms with Crippen LogP contribution in [0.1, 0.15) is 40.5 Å². The second-order valence-corrected chi connectivity index (χ2v) is 8.26. The van der Waals surface area contributed by atoms with Crippen molar-refractivity contribution in [2.24, 2.45) is 0 Å². The fraction of sp³-hybridized carbons (Fsp3) is 0.273. The number of hydrogen-bond donors (Lipinski definition) is 1. The number of carbonyl (C=O) groups is 2. The molecule has 8 heteroatoms. The zero-order valence-electron chi connectivity index (χ0n) is 16.2. The molecule has 1 aliphatic carbocycles. The van der Waals surface area contributed by atoms with Gasteiger partial charge in [-0.1, -0.05) is 58.6 Å². The van der Waals surface area contributed by atoms with Gasteiger partial charge in [0.25, 0.3) is 5.91 Å². The second-order valence-electron chi connectivity index (χ2n) is 7.21. The van der Waals surface area contributed by atoms with E-state index < -0.39 is 6.04 Å². The maximum absolute atomic E-state index is 13.3. The maximum atomic E-state index is 13.3. The normalized spacial score (nSPS) is 14.2. The summed E-state index contributed by atoms with van der Waals surface area (Å²) in [5.74, 6) is -0.485. The minimum absolute atomic E-state index is 0.0137. The summed E-state index contributed by atoms with van der Waals surface area (Å²) < 4.78 is 3.80. The molecule has 1 aromatic heterocycles. The first kappa shape index (κ1) is 20.5. The van der Waals surface area contributed by atoms with Crippen molar-refractivity contribution in [2.75, 3.05) is 6.54 Å². The highest BCUT2D eigenvalue weighted by Crippen LogP contribution is 2.36. The molecule has 1 fully saturated rings. The summed E-state index contributed by atoms with van der Waals surface area (Å²) in [6.07, 6.45) is 2.45.